The molecule has 1 heterocycles. The summed E-state index contributed by atoms with van der Waals surface area (Å²) in [6.45, 7) is 3.71. The number of amides is 1. The Hall–Kier alpha value is -2.95. The van der Waals surface area contributed by atoms with Crippen LogP contribution in [-0.2, 0) is 4.79 Å². The highest BCUT2D eigenvalue weighted by Gasteiger charge is 2.11. The highest BCUT2D eigenvalue weighted by Crippen LogP contribution is 2.23. The number of benzene rings is 2. The molecule has 5 nitrogen and oxygen atoms in total. The van der Waals surface area contributed by atoms with Crippen LogP contribution in [0.15, 0.2) is 59.1 Å². The molecule has 116 valence electrons. The van der Waals surface area contributed by atoms with Gasteiger partial charge in [-0.3, -0.25) is 4.79 Å². The van der Waals surface area contributed by atoms with E-state index in [1.54, 1.807) is 0 Å². The number of nitrogens with one attached hydrogen (secondary N) is 1. The molecule has 3 aromatic rings. The summed E-state index contributed by atoms with van der Waals surface area (Å²) in [7, 11) is 0. The van der Waals surface area contributed by atoms with Gasteiger partial charge in [-0.2, -0.15) is 4.98 Å². The molecule has 23 heavy (non-hydrogen) atoms. The lowest BCUT2D eigenvalue weighted by molar-refractivity contribution is -0.118. The first-order valence-corrected chi connectivity index (χ1v) is 7.44. The fourth-order valence-corrected chi connectivity index (χ4v) is 2.03. The zero-order valence-corrected chi connectivity index (χ0v) is 13.0. The van der Waals surface area contributed by atoms with E-state index < -0.39 is 0 Å². The summed E-state index contributed by atoms with van der Waals surface area (Å²) >= 11 is 0. The monoisotopic (exact) mass is 307 g/mol. The molecule has 0 saturated heterocycles. The van der Waals surface area contributed by atoms with Crippen LogP contribution in [0.2, 0.25) is 0 Å². The molecule has 0 bridgehead atoms. The smallest absolute Gasteiger partial charge is 0.258 e. The Balaban J connectivity index is 1.78. The van der Waals surface area contributed by atoms with E-state index in [1.165, 1.54) is 0 Å². The maximum atomic E-state index is 11.7. The van der Waals surface area contributed by atoms with Gasteiger partial charge in [-0.25, -0.2) is 0 Å². The summed E-state index contributed by atoms with van der Waals surface area (Å²) < 4.78 is 5.32. The van der Waals surface area contributed by atoms with E-state index in [9.17, 15) is 4.79 Å². The number of hydrogen-bond acceptors (Lipinski definition) is 4. The average molecular weight is 307 g/mol. The summed E-state index contributed by atoms with van der Waals surface area (Å²) in [6.07, 6.45) is 0. The number of rotatable bonds is 4. The van der Waals surface area contributed by atoms with E-state index in [4.69, 9.17) is 4.52 Å². The lowest BCUT2D eigenvalue weighted by Gasteiger charge is -2.07. The quantitative estimate of drug-likeness (QED) is 0.791. The van der Waals surface area contributed by atoms with E-state index in [1.807, 2.05) is 68.4 Å². The lowest BCUT2D eigenvalue weighted by Crippen LogP contribution is -2.17. The molecule has 0 unspecified atom stereocenters. The Morgan fingerprint density at radius 1 is 1.00 bits per heavy atom. The third-order valence-corrected chi connectivity index (χ3v) is 3.38. The zero-order chi connectivity index (χ0) is 16.2. The molecule has 0 fully saturated rings. The van der Waals surface area contributed by atoms with Gasteiger partial charge in [0.1, 0.15) is 0 Å². The van der Waals surface area contributed by atoms with Crippen molar-refractivity contribution in [2.75, 3.05) is 5.32 Å². The van der Waals surface area contributed by atoms with Crippen LogP contribution in [0, 0.1) is 5.92 Å². The van der Waals surface area contributed by atoms with Gasteiger partial charge in [0.25, 0.3) is 5.89 Å². The van der Waals surface area contributed by atoms with Crippen LogP contribution in [0.4, 0.5) is 5.69 Å². The van der Waals surface area contributed by atoms with Gasteiger partial charge >= 0.3 is 0 Å². The van der Waals surface area contributed by atoms with Gasteiger partial charge in [-0.15, -0.1) is 0 Å². The van der Waals surface area contributed by atoms with Crippen molar-refractivity contribution in [3.63, 3.8) is 0 Å². The van der Waals surface area contributed by atoms with Crippen molar-refractivity contribution in [2.24, 2.45) is 5.92 Å². The van der Waals surface area contributed by atoms with Crippen molar-refractivity contribution < 1.29 is 9.32 Å². The van der Waals surface area contributed by atoms with Gasteiger partial charge in [-0.05, 0) is 24.3 Å². The normalized spacial score (nSPS) is 10.7. The highest BCUT2D eigenvalue weighted by molar-refractivity contribution is 5.92. The summed E-state index contributed by atoms with van der Waals surface area (Å²) in [6, 6.07) is 17.0. The molecule has 1 N–H and O–H groups in total. The molecular formula is C18H17N3O2. The van der Waals surface area contributed by atoms with Gasteiger partial charge in [0.15, 0.2) is 0 Å². The predicted molar refractivity (Wildman–Crippen MR) is 88.6 cm³/mol. The van der Waals surface area contributed by atoms with E-state index in [0.717, 1.165) is 16.8 Å². The standard InChI is InChI=1S/C18H17N3O2/c1-12(2)17(22)19-15-10-8-14(9-11-15)18-20-16(21-23-18)13-6-4-3-5-7-13/h3-12H,1-2H3,(H,19,22). The van der Waals surface area contributed by atoms with Gasteiger partial charge in [0.2, 0.25) is 11.7 Å². The number of carbonyl (C=O) groups is 1. The average Bonchev–Trinajstić information content (AvgIpc) is 3.06. The van der Waals surface area contributed by atoms with E-state index in [-0.39, 0.29) is 11.8 Å². The van der Waals surface area contributed by atoms with Crippen LogP contribution in [0.1, 0.15) is 13.8 Å². The highest BCUT2D eigenvalue weighted by atomic mass is 16.5. The molecule has 0 radical (unpaired) electrons. The van der Waals surface area contributed by atoms with Crippen LogP contribution < -0.4 is 5.32 Å². The number of hydrogen-bond donors (Lipinski definition) is 1. The van der Waals surface area contributed by atoms with Crippen molar-refractivity contribution in [2.45, 2.75) is 13.8 Å². The van der Waals surface area contributed by atoms with Crippen LogP contribution in [0.5, 0.6) is 0 Å². The second-order valence-electron chi connectivity index (χ2n) is 5.51. The second kappa shape index (κ2) is 6.44. The molecule has 0 atom stereocenters. The molecule has 0 aliphatic heterocycles. The van der Waals surface area contributed by atoms with Gasteiger partial charge < -0.3 is 9.84 Å². The minimum absolute atomic E-state index is 0.0121. The van der Waals surface area contributed by atoms with Crippen LogP contribution >= 0.6 is 0 Å². The van der Waals surface area contributed by atoms with Crippen molar-refractivity contribution >= 4 is 11.6 Å². The SMILES string of the molecule is CC(C)C(=O)Nc1ccc(-c2nc(-c3ccccc3)no2)cc1. The predicted octanol–water partition coefficient (Wildman–Crippen LogP) is 4.00. The van der Waals surface area contributed by atoms with Crippen LogP contribution in [-0.4, -0.2) is 16.0 Å². The van der Waals surface area contributed by atoms with Crippen LogP contribution in [0.3, 0.4) is 0 Å². The first-order valence-electron chi connectivity index (χ1n) is 7.44. The largest absolute Gasteiger partial charge is 0.334 e. The topological polar surface area (TPSA) is 68.0 Å². The molecule has 0 spiro atoms. The molecule has 5 heteroatoms. The summed E-state index contributed by atoms with van der Waals surface area (Å²) in [4.78, 5) is 16.1. The number of carbonyl (C=O) groups excluding carboxylic acids is 1. The molecule has 1 aromatic heterocycles. The molecule has 0 saturated carbocycles. The Bertz CT molecular complexity index is 793. The van der Waals surface area contributed by atoms with Gasteiger partial charge in [0, 0.05) is 22.7 Å². The Morgan fingerprint density at radius 2 is 1.70 bits per heavy atom. The molecule has 2 aromatic carbocycles. The van der Waals surface area contributed by atoms with Crippen LogP contribution in [0.25, 0.3) is 22.8 Å². The van der Waals surface area contributed by atoms with E-state index in [0.29, 0.717) is 11.7 Å². The first-order chi connectivity index (χ1) is 11.1. The van der Waals surface area contributed by atoms with Crippen molar-refractivity contribution in [3.05, 3.63) is 54.6 Å². The summed E-state index contributed by atoms with van der Waals surface area (Å²) in [5.74, 6) is 0.935. The molecule has 0 aliphatic carbocycles. The van der Waals surface area contributed by atoms with Crippen molar-refractivity contribution in [3.8, 4) is 22.8 Å². The van der Waals surface area contributed by atoms with Crippen molar-refractivity contribution in [1.82, 2.24) is 10.1 Å². The Morgan fingerprint density at radius 3 is 2.35 bits per heavy atom. The first kappa shape index (κ1) is 15.0. The third-order valence-electron chi connectivity index (χ3n) is 3.38. The lowest BCUT2D eigenvalue weighted by atomic mass is 10.1. The third kappa shape index (κ3) is 3.45. The van der Waals surface area contributed by atoms with Gasteiger partial charge in [-0.1, -0.05) is 49.3 Å². The molecule has 1 amide bonds. The zero-order valence-electron chi connectivity index (χ0n) is 13.0. The summed E-state index contributed by atoms with van der Waals surface area (Å²) in [5.41, 5.74) is 2.46. The fourth-order valence-electron chi connectivity index (χ4n) is 2.03. The second-order valence-corrected chi connectivity index (χ2v) is 5.51. The Labute approximate surface area is 134 Å². The summed E-state index contributed by atoms with van der Waals surface area (Å²) in [5, 5.41) is 6.85. The molecule has 0 aliphatic rings. The minimum Gasteiger partial charge on any atom is -0.334 e. The fraction of sp³-hybridized carbons (Fsp3) is 0.167. The van der Waals surface area contributed by atoms with E-state index in [2.05, 4.69) is 15.5 Å². The molecular weight excluding hydrogens is 290 g/mol. The van der Waals surface area contributed by atoms with E-state index >= 15 is 0 Å². The van der Waals surface area contributed by atoms with Gasteiger partial charge in [0.05, 0.1) is 0 Å². The Kier molecular flexibility index (Phi) is 4.19. The maximum Gasteiger partial charge on any atom is 0.258 e. The minimum atomic E-state index is -0.0564. The maximum absolute atomic E-state index is 11.7. The number of aromatic nitrogens is 2. The molecule has 3 rings (SSSR count). The number of anilines is 1. The number of nitrogens with zero attached hydrogens (tertiary/aromatic N) is 2. The van der Waals surface area contributed by atoms with Crippen molar-refractivity contribution in [1.29, 1.82) is 0 Å².